The molecule has 0 aliphatic carbocycles. The van der Waals surface area contributed by atoms with Gasteiger partial charge < -0.3 is 9.94 Å². The molecule has 5 heteroatoms. The van der Waals surface area contributed by atoms with E-state index in [1.165, 1.54) is 12.4 Å². The van der Waals surface area contributed by atoms with Crippen LogP contribution in [-0.4, -0.2) is 17.5 Å². The van der Waals surface area contributed by atoms with E-state index in [2.05, 4.69) is 0 Å². The molecule has 23 heavy (non-hydrogen) atoms. The highest BCUT2D eigenvalue weighted by Gasteiger charge is 2.42. The van der Waals surface area contributed by atoms with Crippen molar-refractivity contribution < 1.29 is 14.3 Å². The molecule has 0 bridgehead atoms. The number of rotatable bonds is 3. The third-order valence-corrected chi connectivity index (χ3v) is 4.49. The van der Waals surface area contributed by atoms with E-state index >= 15 is 0 Å². The number of aromatic nitrogens is 1. The van der Waals surface area contributed by atoms with Crippen LogP contribution in [-0.2, 0) is 16.9 Å². The topological polar surface area (TPSA) is 56.5 Å². The Balaban J connectivity index is 1.72. The van der Waals surface area contributed by atoms with Gasteiger partial charge in [0.1, 0.15) is 6.61 Å². The van der Waals surface area contributed by atoms with Crippen LogP contribution in [0.5, 0.6) is 0 Å². The fourth-order valence-electron chi connectivity index (χ4n) is 3.13. The zero-order valence-corrected chi connectivity index (χ0v) is 13.1. The van der Waals surface area contributed by atoms with Gasteiger partial charge in [-0.25, -0.2) is 4.79 Å². The molecule has 0 spiro atoms. The molecule has 120 valence electrons. The highest BCUT2D eigenvalue weighted by molar-refractivity contribution is 5.69. The van der Waals surface area contributed by atoms with Crippen LogP contribution in [0, 0.1) is 5.21 Å². The Morgan fingerprint density at radius 1 is 1.26 bits per heavy atom. The van der Waals surface area contributed by atoms with Gasteiger partial charge in [0, 0.05) is 18.7 Å². The molecule has 0 N–H and O–H groups in total. The number of nitrogens with zero attached hydrogens (tertiary/aromatic N) is 2. The Hall–Kier alpha value is -2.56. The third-order valence-electron chi connectivity index (χ3n) is 4.49. The van der Waals surface area contributed by atoms with Gasteiger partial charge in [-0.15, -0.1) is 0 Å². The summed E-state index contributed by atoms with van der Waals surface area (Å²) in [5.74, 6) is 0. The smallest absolute Gasteiger partial charge is 0.410 e. The highest BCUT2D eigenvalue weighted by atomic mass is 16.6. The van der Waals surface area contributed by atoms with Crippen LogP contribution in [0.25, 0.3) is 0 Å². The lowest BCUT2D eigenvalue weighted by molar-refractivity contribution is -0.605. The van der Waals surface area contributed by atoms with Crippen molar-refractivity contribution in [2.45, 2.75) is 31.9 Å². The lowest BCUT2D eigenvalue weighted by Gasteiger charge is -2.34. The van der Waals surface area contributed by atoms with Crippen LogP contribution >= 0.6 is 0 Å². The number of hydrogen-bond donors (Lipinski definition) is 0. The molecule has 1 atom stereocenters. The molecule has 1 amide bonds. The summed E-state index contributed by atoms with van der Waals surface area (Å²) in [5.41, 5.74) is 1.50. The zero-order chi connectivity index (χ0) is 16.3. The van der Waals surface area contributed by atoms with E-state index in [1.807, 2.05) is 37.3 Å². The first-order valence-corrected chi connectivity index (χ1v) is 7.77. The lowest BCUT2D eigenvalue weighted by atomic mass is 9.90. The number of likely N-dealkylation sites (tertiary alicyclic amines) is 1. The first kappa shape index (κ1) is 15.3. The molecule has 2 heterocycles. The van der Waals surface area contributed by atoms with Crippen molar-refractivity contribution in [1.29, 1.82) is 0 Å². The number of pyridine rings is 1. The Bertz CT molecular complexity index is 672. The van der Waals surface area contributed by atoms with Crippen LogP contribution in [0.2, 0.25) is 0 Å². The van der Waals surface area contributed by atoms with Crippen molar-refractivity contribution in [2.75, 3.05) is 6.54 Å². The summed E-state index contributed by atoms with van der Waals surface area (Å²) >= 11 is 0. The third kappa shape index (κ3) is 3.13. The monoisotopic (exact) mass is 312 g/mol. The average molecular weight is 312 g/mol. The minimum atomic E-state index is -0.429. The van der Waals surface area contributed by atoms with Gasteiger partial charge in [-0.3, -0.25) is 4.90 Å². The van der Waals surface area contributed by atoms with Crippen molar-refractivity contribution in [3.05, 3.63) is 71.2 Å². The summed E-state index contributed by atoms with van der Waals surface area (Å²) in [5, 5.41) is 11.2. The first-order valence-electron chi connectivity index (χ1n) is 7.77. The maximum Gasteiger partial charge on any atom is 0.410 e. The number of hydrogen-bond acceptors (Lipinski definition) is 3. The minimum Gasteiger partial charge on any atom is -0.619 e. The maximum absolute atomic E-state index is 12.5. The Morgan fingerprint density at radius 2 is 1.96 bits per heavy atom. The molecule has 1 unspecified atom stereocenters. The van der Waals surface area contributed by atoms with Crippen molar-refractivity contribution in [3.8, 4) is 0 Å². The van der Waals surface area contributed by atoms with Crippen LogP contribution in [0.1, 0.15) is 30.9 Å². The van der Waals surface area contributed by atoms with Crippen molar-refractivity contribution >= 4 is 6.09 Å². The van der Waals surface area contributed by atoms with Gasteiger partial charge in [0.05, 0.1) is 5.54 Å². The number of carbonyl (C=O) groups is 1. The number of amides is 1. The van der Waals surface area contributed by atoms with Gasteiger partial charge in [0.15, 0.2) is 12.4 Å². The molecule has 1 fully saturated rings. The van der Waals surface area contributed by atoms with Crippen LogP contribution < -0.4 is 4.73 Å². The number of ether oxygens (including phenoxy) is 1. The van der Waals surface area contributed by atoms with Gasteiger partial charge >= 0.3 is 6.09 Å². The lowest BCUT2D eigenvalue weighted by Crippen LogP contribution is -2.43. The predicted octanol–water partition coefficient (Wildman–Crippen LogP) is 2.97. The fraction of sp³-hybridized carbons (Fsp3) is 0.333. The quantitative estimate of drug-likeness (QED) is 0.647. The predicted molar refractivity (Wildman–Crippen MR) is 85.3 cm³/mol. The molecule has 0 radical (unpaired) electrons. The van der Waals surface area contributed by atoms with E-state index in [9.17, 15) is 10.0 Å². The molecule has 1 aromatic heterocycles. The number of benzene rings is 1. The van der Waals surface area contributed by atoms with E-state index in [4.69, 9.17) is 4.74 Å². The Labute approximate surface area is 135 Å². The van der Waals surface area contributed by atoms with Gasteiger partial charge in [-0.2, -0.15) is 4.73 Å². The molecular weight excluding hydrogens is 292 g/mol. The van der Waals surface area contributed by atoms with Crippen molar-refractivity contribution in [2.24, 2.45) is 0 Å². The molecule has 1 aliphatic heterocycles. The van der Waals surface area contributed by atoms with E-state index in [-0.39, 0.29) is 12.7 Å². The summed E-state index contributed by atoms with van der Waals surface area (Å²) in [6, 6.07) is 13.2. The fourth-order valence-corrected chi connectivity index (χ4v) is 3.13. The summed E-state index contributed by atoms with van der Waals surface area (Å²) in [7, 11) is 0. The minimum absolute atomic E-state index is 0.265. The van der Waals surface area contributed by atoms with Crippen LogP contribution in [0.4, 0.5) is 4.79 Å². The standard InChI is InChI=1S/C18H20N2O3/c1-18(16-8-12-19(22)13-9-16)10-5-11-20(18)17(21)23-14-15-6-3-2-4-7-15/h2-4,6-9,12-13H,5,10-11,14H2,1H3. The number of carbonyl (C=O) groups excluding carboxylic acids is 1. The maximum atomic E-state index is 12.5. The summed E-state index contributed by atoms with van der Waals surface area (Å²) in [6.45, 7) is 2.95. The Kier molecular flexibility index (Phi) is 4.19. The van der Waals surface area contributed by atoms with Crippen LogP contribution in [0.3, 0.4) is 0 Å². The van der Waals surface area contributed by atoms with Crippen molar-refractivity contribution in [1.82, 2.24) is 4.90 Å². The largest absolute Gasteiger partial charge is 0.619 e. The van der Waals surface area contributed by atoms with Gasteiger partial charge in [-0.1, -0.05) is 30.3 Å². The summed E-state index contributed by atoms with van der Waals surface area (Å²) < 4.78 is 6.22. The molecule has 1 saturated heterocycles. The second kappa shape index (κ2) is 6.28. The molecule has 5 nitrogen and oxygen atoms in total. The highest BCUT2D eigenvalue weighted by Crippen LogP contribution is 2.38. The van der Waals surface area contributed by atoms with E-state index in [1.54, 1.807) is 17.0 Å². The van der Waals surface area contributed by atoms with E-state index in [0.29, 0.717) is 6.54 Å². The van der Waals surface area contributed by atoms with Crippen LogP contribution in [0.15, 0.2) is 54.9 Å². The molecule has 1 aromatic carbocycles. The summed E-state index contributed by atoms with van der Waals surface area (Å²) in [4.78, 5) is 14.3. The van der Waals surface area contributed by atoms with E-state index < -0.39 is 5.54 Å². The molecule has 1 aliphatic rings. The normalized spacial score (nSPS) is 20.5. The molecule has 2 aromatic rings. The summed E-state index contributed by atoms with van der Waals surface area (Å²) in [6.07, 6.45) is 4.39. The SMILES string of the molecule is CC1(c2cc[n+]([O-])cc2)CCCN1C(=O)OCc1ccccc1. The average Bonchev–Trinajstić information content (AvgIpc) is 2.97. The molecule has 3 rings (SSSR count). The van der Waals surface area contributed by atoms with E-state index in [0.717, 1.165) is 28.7 Å². The first-order chi connectivity index (χ1) is 11.1. The second-order valence-electron chi connectivity index (χ2n) is 6.02. The van der Waals surface area contributed by atoms with Gasteiger partial charge in [-0.05, 0) is 30.9 Å². The second-order valence-corrected chi connectivity index (χ2v) is 6.02. The Morgan fingerprint density at radius 3 is 2.65 bits per heavy atom. The van der Waals surface area contributed by atoms with Gasteiger partial charge in [0.25, 0.3) is 0 Å². The molecular formula is C18H20N2O3. The zero-order valence-electron chi connectivity index (χ0n) is 13.1. The van der Waals surface area contributed by atoms with Gasteiger partial charge in [0.2, 0.25) is 0 Å². The molecule has 0 saturated carbocycles. The van der Waals surface area contributed by atoms with Crippen molar-refractivity contribution in [3.63, 3.8) is 0 Å².